The SMILES string of the molecule is O=C(CN1CCC[C@@]2(CCC(=O)N(CC3CC3)C2)C1)NCCc1ccccc1. The van der Waals surface area contributed by atoms with Crippen LogP contribution < -0.4 is 5.32 Å². The molecule has 3 fully saturated rings. The number of rotatable bonds is 7. The molecule has 1 spiro atoms. The van der Waals surface area contributed by atoms with E-state index in [0.717, 1.165) is 51.4 Å². The summed E-state index contributed by atoms with van der Waals surface area (Å²) in [5, 5.41) is 3.07. The minimum absolute atomic E-state index is 0.120. The van der Waals surface area contributed by atoms with E-state index in [1.165, 1.54) is 24.8 Å². The Hall–Kier alpha value is -1.88. The number of likely N-dealkylation sites (tertiary alicyclic amines) is 2. The molecule has 4 rings (SSSR count). The molecule has 28 heavy (non-hydrogen) atoms. The molecule has 3 aliphatic rings. The van der Waals surface area contributed by atoms with Crippen LogP contribution in [0.15, 0.2) is 30.3 Å². The fraction of sp³-hybridized carbons (Fsp3) is 0.652. The largest absolute Gasteiger partial charge is 0.355 e. The third kappa shape index (κ3) is 5.13. The van der Waals surface area contributed by atoms with Crippen molar-refractivity contribution >= 4 is 11.8 Å². The molecule has 0 bridgehead atoms. The molecule has 1 aromatic carbocycles. The average Bonchev–Trinajstić information content (AvgIpc) is 3.50. The lowest BCUT2D eigenvalue weighted by Crippen LogP contribution is -2.55. The molecule has 152 valence electrons. The molecular formula is C23H33N3O2. The fourth-order valence-electron chi connectivity index (χ4n) is 4.91. The van der Waals surface area contributed by atoms with Crippen LogP contribution >= 0.6 is 0 Å². The molecule has 1 aromatic rings. The number of nitrogens with one attached hydrogen (secondary N) is 1. The number of piperidine rings is 2. The van der Waals surface area contributed by atoms with E-state index in [1.54, 1.807) is 0 Å². The summed E-state index contributed by atoms with van der Waals surface area (Å²) in [5.41, 5.74) is 1.45. The van der Waals surface area contributed by atoms with Crippen LogP contribution in [0.1, 0.15) is 44.1 Å². The second-order valence-corrected chi connectivity index (χ2v) is 9.12. The predicted molar refractivity (Wildman–Crippen MR) is 110 cm³/mol. The van der Waals surface area contributed by atoms with Crippen LogP contribution in [0.4, 0.5) is 0 Å². The molecule has 1 N–H and O–H groups in total. The molecule has 2 heterocycles. The summed E-state index contributed by atoms with van der Waals surface area (Å²) in [7, 11) is 0. The minimum Gasteiger partial charge on any atom is -0.355 e. The maximum atomic E-state index is 12.4. The van der Waals surface area contributed by atoms with Crippen molar-refractivity contribution in [2.24, 2.45) is 11.3 Å². The Kier molecular flexibility index (Phi) is 6.00. The summed E-state index contributed by atoms with van der Waals surface area (Å²) in [6, 6.07) is 10.3. The van der Waals surface area contributed by atoms with E-state index in [1.807, 2.05) is 18.2 Å². The number of benzene rings is 1. The molecule has 2 aliphatic heterocycles. The smallest absolute Gasteiger partial charge is 0.234 e. The van der Waals surface area contributed by atoms with Crippen LogP contribution in [-0.4, -0.2) is 60.9 Å². The Balaban J connectivity index is 1.25. The number of hydrogen-bond donors (Lipinski definition) is 1. The number of nitrogens with zero attached hydrogens (tertiary/aromatic N) is 2. The number of amides is 2. The number of carbonyl (C=O) groups excluding carboxylic acids is 2. The van der Waals surface area contributed by atoms with Gasteiger partial charge in [-0.1, -0.05) is 30.3 Å². The molecular weight excluding hydrogens is 350 g/mol. The van der Waals surface area contributed by atoms with Gasteiger partial charge in [0.15, 0.2) is 0 Å². The topological polar surface area (TPSA) is 52.7 Å². The van der Waals surface area contributed by atoms with Gasteiger partial charge >= 0.3 is 0 Å². The molecule has 1 atom stereocenters. The Morgan fingerprint density at radius 1 is 1.14 bits per heavy atom. The normalized spacial score (nSPS) is 25.9. The first kappa shape index (κ1) is 19.4. The molecule has 2 saturated heterocycles. The van der Waals surface area contributed by atoms with E-state index < -0.39 is 0 Å². The zero-order valence-electron chi connectivity index (χ0n) is 16.9. The zero-order valence-corrected chi connectivity index (χ0v) is 16.9. The lowest BCUT2D eigenvalue weighted by Gasteiger charge is -2.48. The van der Waals surface area contributed by atoms with Gasteiger partial charge < -0.3 is 10.2 Å². The first-order chi connectivity index (χ1) is 13.6. The standard InChI is InChI=1S/C23H33N3O2/c27-21(24-13-10-19-5-2-1-3-6-19)16-25-14-4-11-23(17-25)12-9-22(28)26(18-23)15-20-7-8-20/h1-3,5-6,20H,4,7-18H2,(H,24,27)/t23-/m1/s1. The maximum Gasteiger partial charge on any atom is 0.234 e. The zero-order chi connectivity index (χ0) is 19.4. The monoisotopic (exact) mass is 383 g/mol. The first-order valence-electron chi connectivity index (χ1n) is 10.9. The van der Waals surface area contributed by atoms with Crippen LogP contribution in [0.2, 0.25) is 0 Å². The van der Waals surface area contributed by atoms with Gasteiger partial charge in [0.25, 0.3) is 0 Å². The molecule has 1 saturated carbocycles. The van der Waals surface area contributed by atoms with E-state index in [2.05, 4.69) is 27.2 Å². The van der Waals surface area contributed by atoms with Gasteiger partial charge in [0.05, 0.1) is 6.54 Å². The van der Waals surface area contributed by atoms with E-state index in [0.29, 0.717) is 25.4 Å². The Bertz CT molecular complexity index is 688. The van der Waals surface area contributed by atoms with E-state index in [9.17, 15) is 9.59 Å². The van der Waals surface area contributed by atoms with E-state index in [-0.39, 0.29) is 11.3 Å². The summed E-state index contributed by atoms with van der Waals surface area (Å²) in [6.45, 7) is 4.96. The van der Waals surface area contributed by atoms with Gasteiger partial charge in [0, 0.05) is 38.0 Å². The van der Waals surface area contributed by atoms with Crippen molar-refractivity contribution < 1.29 is 9.59 Å². The van der Waals surface area contributed by atoms with Crippen molar-refractivity contribution in [2.75, 3.05) is 39.3 Å². The van der Waals surface area contributed by atoms with Gasteiger partial charge in [-0.15, -0.1) is 0 Å². The molecule has 2 amide bonds. The van der Waals surface area contributed by atoms with Gasteiger partial charge in [-0.05, 0) is 56.6 Å². The molecule has 5 heteroatoms. The third-order valence-electron chi connectivity index (χ3n) is 6.61. The van der Waals surface area contributed by atoms with Gasteiger partial charge in [-0.3, -0.25) is 14.5 Å². The summed E-state index contributed by atoms with van der Waals surface area (Å²) in [6.07, 6.45) is 7.42. The van der Waals surface area contributed by atoms with Crippen LogP contribution in [0, 0.1) is 11.3 Å². The van der Waals surface area contributed by atoms with Crippen molar-refractivity contribution in [1.82, 2.24) is 15.1 Å². The van der Waals surface area contributed by atoms with Crippen molar-refractivity contribution in [1.29, 1.82) is 0 Å². The fourth-order valence-corrected chi connectivity index (χ4v) is 4.91. The molecule has 0 unspecified atom stereocenters. The van der Waals surface area contributed by atoms with Crippen molar-refractivity contribution in [3.63, 3.8) is 0 Å². The van der Waals surface area contributed by atoms with Gasteiger partial charge in [-0.2, -0.15) is 0 Å². The van der Waals surface area contributed by atoms with Gasteiger partial charge in [0.2, 0.25) is 11.8 Å². The van der Waals surface area contributed by atoms with E-state index >= 15 is 0 Å². The third-order valence-corrected chi connectivity index (χ3v) is 6.61. The second kappa shape index (κ2) is 8.64. The Labute approximate surface area is 168 Å². The number of carbonyl (C=O) groups is 2. The predicted octanol–water partition coefficient (Wildman–Crippen LogP) is 2.46. The number of hydrogen-bond acceptors (Lipinski definition) is 3. The van der Waals surface area contributed by atoms with Crippen molar-refractivity contribution in [2.45, 2.75) is 44.9 Å². The first-order valence-corrected chi connectivity index (χ1v) is 10.9. The van der Waals surface area contributed by atoms with E-state index in [4.69, 9.17) is 0 Å². The van der Waals surface area contributed by atoms with Gasteiger partial charge in [-0.25, -0.2) is 0 Å². The molecule has 5 nitrogen and oxygen atoms in total. The minimum atomic E-state index is 0.120. The van der Waals surface area contributed by atoms with Crippen LogP contribution in [0.25, 0.3) is 0 Å². The molecule has 1 aliphatic carbocycles. The lowest BCUT2D eigenvalue weighted by atomic mass is 9.73. The summed E-state index contributed by atoms with van der Waals surface area (Å²) < 4.78 is 0. The molecule has 0 radical (unpaired) electrons. The van der Waals surface area contributed by atoms with Crippen LogP contribution in [-0.2, 0) is 16.0 Å². The lowest BCUT2D eigenvalue weighted by molar-refractivity contribution is -0.140. The molecule has 0 aromatic heterocycles. The second-order valence-electron chi connectivity index (χ2n) is 9.12. The highest BCUT2D eigenvalue weighted by Crippen LogP contribution is 2.40. The summed E-state index contributed by atoms with van der Waals surface area (Å²) >= 11 is 0. The van der Waals surface area contributed by atoms with Crippen molar-refractivity contribution in [3.8, 4) is 0 Å². The Morgan fingerprint density at radius 2 is 1.96 bits per heavy atom. The highest BCUT2D eigenvalue weighted by atomic mass is 16.2. The highest BCUT2D eigenvalue weighted by Gasteiger charge is 2.42. The highest BCUT2D eigenvalue weighted by molar-refractivity contribution is 5.78. The van der Waals surface area contributed by atoms with Crippen LogP contribution in [0.5, 0.6) is 0 Å². The average molecular weight is 384 g/mol. The van der Waals surface area contributed by atoms with Crippen molar-refractivity contribution in [3.05, 3.63) is 35.9 Å². The maximum absolute atomic E-state index is 12.4. The van der Waals surface area contributed by atoms with Crippen LogP contribution in [0.3, 0.4) is 0 Å². The quantitative estimate of drug-likeness (QED) is 0.787. The summed E-state index contributed by atoms with van der Waals surface area (Å²) in [4.78, 5) is 29.2. The van der Waals surface area contributed by atoms with Gasteiger partial charge in [0.1, 0.15) is 0 Å². The Morgan fingerprint density at radius 3 is 2.75 bits per heavy atom. The summed E-state index contributed by atoms with van der Waals surface area (Å²) in [5.74, 6) is 1.21.